The molecule has 2 aromatic carbocycles. The van der Waals surface area contributed by atoms with Crippen LogP contribution in [0.3, 0.4) is 0 Å². The van der Waals surface area contributed by atoms with Gasteiger partial charge in [-0.15, -0.1) is 0 Å². The molecule has 174 valence electrons. The van der Waals surface area contributed by atoms with E-state index in [-0.39, 0.29) is 23.3 Å². The van der Waals surface area contributed by atoms with Gasteiger partial charge in [0, 0.05) is 42.3 Å². The number of ether oxygens (including phenoxy) is 2. The molecule has 0 amide bonds. The van der Waals surface area contributed by atoms with Crippen LogP contribution in [-0.4, -0.2) is 29.1 Å². The number of rotatable bonds is 7. The Balaban J connectivity index is 1.47. The number of alkyl halides is 3. The molecule has 4 rings (SSSR count). The molecule has 6 nitrogen and oxygen atoms in total. The van der Waals surface area contributed by atoms with E-state index in [1.54, 1.807) is 23.9 Å². The number of aromatic nitrogens is 2. The summed E-state index contributed by atoms with van der Waals surface area (Å²) in [6.07, 6.45) is 7.73. The lowest BCUT2D eigenvalue weighted by atomic mass is 10.1. The Kier molecular flexibility index (Phi) is 6.46. The van der Waals surface area contributed by atoms with E-state index in [1.165, 1.54) is 12.1 Å². The maximum atomic E-state index is 12.5. The molecule has 0 bridgehead atoms. The van der Waals surface area contributed by atoms with Crippen molar-refractivity contribution in [2.24, 2.45) is 7.05 Å². The van der Waals surface area contributed by atoms with Gasteiger partial charge in [-0.1, -0.05) is 12.1 Å². The fourth-order valence-corrected chi connectivity index (χ4v) is 4.02. The minimum atomic E-state index is -4.31. The molecule has 1 aromatic heterocycles. The largest absolute Gasteiger partial charge is 0.493 e. The molecule has 2 heterocycles. The maximum Gasteiger partial charge on any atom is 0.446 e. The number of anilines is 2. The molecule has 10 heteroatoms. The smallest absolute Gasteiger partial charge is 0.446 e. The van der Waals surface area contributed by atoms with Crippen molar-refractivity contribution in [2.45, 2.75) is 23.9 Å². The molecular weight excluding hydrogens is 453 g/mol. The molecule has 3 aromatic rings. The van der Waals surface area contributed by atoms with Crippen molar-refractivity contribution in [3.63, 3.8) is 0 Å². The van der Waals surface area contributed by atoms with Crippen molar-refractivity contribution >= 4 is 23.1 Å². The summed E-state index contributed by atoms with van der Waals surface area (Å²) in [6.45, 7) is 2.82. The highest BCUT2D eigenvalue weighted by atomic mass is 32.2. The van der Waals surface area contributed by atoms with E-state index in [9.17, 15) is 13.2 Å². The molecule has 1 aliphatic heterocycles. The summed E-state index contributed by atoms with van der Waals surface area (Å²) in [7, 11) is 3.45. The van der Waals surface area contributed by atoms with Crippen LogP contribution in [0.5, 0.6) is 11.5 Å². The summed E-state index contributed by atoms with van der Waals surface area (Å²) in [5.74, 6) is 1.15. The van der Waals surface area contributed by atoms with E-state index in [4.69, 9.17) is 9.47 Å². The van der Waals surface area contributed by atoms with Gasteiger partial charge in [-0.2, -0.15) is 18.3 Å². The summed E-state index contributed by atoms with van der Waals surface area (Å²) in [5, 5.41) is 4.22. The SMILES string of the molecule is COc1cc(C)c(N2C=CN(c3cnn(C)c3)C2)cc1OCc1ccc(SC(F)(F)F)cc1. The Morgan fingerprint density at radius 1 is 1.06 bits per heavy atom. The Morgan fingerprint density at radius 2 is 1.79 bits per heavy atom. The first kappa shape index (κ1) is 22.9. The van der Waals surface area contributed by atoms with Crippen LogP contribution in [0.25, 0.3) is 0 Å². The van der Waals surface area contributed by atoms with Crippen molar-refractivity contribution in [1.82, 2.24) is 9.78 Å². The van der Waals surface area contributed by atoms with Crippen molar-refractivity contribution in [3.05, 3.63) is 72.3 Å². The van der Waals surface area contributed by atoms with Crippen molar-refractivity contribution in [2.75, 3.05) is 23.6 Å². The minimum absolute atomic E-state index is 0.135. The van der Waals surface area contributed by atoms with E-state index >= 15 is 0 Å². The zero-order valence-electron chi connectivity index (χ0n) is 18.3. The van der Waals surface area contributed by atoms with Gasteiger partial charge >= 0.3 is 5.51 Å². The Hall–Kier alpha value is -3.27. The van der Waals surface area contributed by atoms with Crippen molar-refractivity contribution in [1.29, 1.82) is 0 Å². The lowest BCUT2D eigenvalue weighted by molar-refractivity contribution is -0.0328. The molecule has 0 aliphatic carbocycles. The zero-order valence-corrected chi connectivity index (χ0v) is 19.2. The number of hydrogen-bond acceptors (Lipinski definition) is 6. The van der Waals surface area contributed by atoms with Gasteiger partial charge in [0.05, 0.1) is 25.7 Å². The average Bonchev–Trinajstić information content (AvgIpc) is 3.41. The lowest BCUT2D eigenvalue weighted by Gasteiger charge is -2.23. The van der Waals surface area contributed by atoms with Crippen molar-refractivity contribution < 1.29 is 22.6 Å². The maximum absolute atomic E-state index is 12.5. The van der Waals surface area contributed by atoms with Crippen LogP contribution in [0.15, 0.2) is 66.1 Å². The predicted molar refractivity (Wildman–Crippen MR) is 123 cm³/mol. The second-order valence-corrected chi connectivity index (χ2v) is 8.66. The Morgan fingerprint density at radius 3 is 2.42 bits per heavy atom. The first-order chi connectivity index (χ1) is 15.7. The number of thioether (sulfide) groups is 1. The van der Waals surface area contributed by atoms with E-state index in [1.807, 2.05) is 50.9 Å². The van der Waals surface area contributed by atoms with Gasteiger partial charge in [0.15, 0.2) is 11.5 Å². The third-order valence-corrected chi connectivity index (χ3v) is 5.84. The predicted octanol–water partition coefficient (Wildman–Crippen LogP) is 5.68. The normalized spacial score (nSPS) is 13.6. The van der Waals surface area contributed by atoms with Crippen LogP contribution in [0.2, 0.25) is 0 Å². The summed E-state index contributed by atoms with van der Waals surface area (Å²) < 4.78 is 50.8. The quantitative estimate of drug-likeness (QED) is 0.409. The van der Waals surface area contributed by atoms with Crippen LogP contribution in [0, 0.1) is 6.92 Å². The van der Waals surface area contributed by atoms with E-state index < -0.39 is 5.51 Å². The standard InChI is InChI=1S/C23H23F3N4O2S/c1-16-10-21(31-3)22(32-14-17-4-6-19(7-5-17)33-23(24,25)26)11-20(16)30-9-8-29(15-30)18-12-27-28(2)13-18/h4-13H,14-15H2,1-3H3. The van der Waals surface area contributed by atoms with Gasteiger partial charge in [-0.25, -0.2) is 0 Å². The van der Waals surface area contributed by atoms with Crippen LogP contribution < -0.4 is 19.3 Å². The molecule has 33 heavy (non-hydrogen) atoms. The summed E-state index contributed by atoms with van der Waals surface area (Å²) >= 11 is -0.135. The van der Waals surface area contributed by atoms with Gasteiger partial charge < -0.3 is 19.3 Å². The Labute approximate surface area is 194 Å². The molecule has 0 radical (unpaired) electrons. The van der Waals surface area contributed by atoms with Crippen LogP contribution in [0.4, 0.5) is 24.5 Å². The number of methoxy groups -OCH3 is 1. The van der Waals surface area contributed by atoms with E-state index in [0.717, 1.165) is 22.5 Å². The highest BCUT2D eigenvalue weighted by molar-refractivity contribution is 8.00. The summed E-state index contributed by atoms with van der Waals surface area (Å²) in [5.41, 5.74) is -0.573. The molecule has 0 fully saturated rings. The summed E-state index contributed by atoms with van der Waals surface area (Å²) in [6, 6.07) is 9.97. The van der Waals surface area contributed by atoms with Crippen molar-refractivity contribution in [3.8, 4) is 11.5 Å². The number of halogens is 3. The van der Waals surface area contributed by atoms with Gasteiger partial charge in [-0.05, 0) is 48.0 Å². The molecule has 0 N–H and O–H groups in total. The highest BCUT2D eigenvalue weighted by Gasteiger charge is 2.29. The fourth-order valence-electron chi connectivity index (χ4n) is 3.48. The highest BCUT2D eigenvalue weighted by Crippen LogP contribution is 2.38. The first-order valence-electron chi connectivity index (χ1n) is 10.1. The van der Waals surface area contributed by atoms with Crippen LogP contribution in [-0.2, 0) is 13.7 Å². The van der Waals surface area contributed by atoms with Gasteiger partial charge in [0.1, 0.15) is 6.61 Å². The third-order valence-electron chi connectivity index (χ3n) is 5.10. The average molecular weight is 477 g/mol. The minimum Gasteiger partial charge on any atom is -0.493 e. The molecule has 0 unspecified atom stereocenters. The zero-order chi connectivity index (χ0) is 23.6. The lowest BCUT2D eigenvalue weighted by Crippen LogP contribution is -2.25. The van der Waals surface area contributed by atoms with Gasteiger partial charge in [0.2, 0.25) is 0 Å². The fraction of sp³-hybridized carbons (Fsp3) is 0.261. The molecule has 1 aliphatic rings. The number of nitrogens with zero attached hydrogens (tertiary/aromatic N) is 4. The van der Waals surface area contributed by atoms with Gasteiger partial charge in [0.25, 0.3) is 0 Å². The second kappa shape index (κ2) is 9.30. The monoisotopic (exact) mass is 476 g/mol. The molecule has 0 saturated carbocycles. The number of benzene rings is 2. The number of hydrogen-bond donors (Lipinski definition) is 0. The third kappa shape index (κ3) is 5.57. The molecule has 0 saturated heterocycles. The van der Waals surface area contributed by atoms with E-state index in [2.05, 4.69) is 14.9 Å². The molecular formula is C23H23F3N4O2S. The molecule has 0 spiro atoms. The second-order valence-electron chi connectivity index (χ2n) is 7.52. The van der Waals surface area contributed by atoms with Crippen LogP contribution in [0.1, 0.15) is 11.1 Å². The first-order valence-corrected chi connectivity index (χ1v) is 10.9. The summed E-state index contributed by atoms with van der Waals surface area (Å²) in [4.78, 5) is 4.32. The topological polar surface area (TPSA) is 42.8 Å². The Bertz CT molecular complexity index is 1150. The molecule has 0 atom stereocenters. The van der Waals surface area contributed by atoms with E-state index in [0.29, 0.717) is 18.2 Å². The number of aryl methyl sites for hydroxylation is 2. The van der Waals surface area contributed by atoms with Crippen LogP contribution >= 0.6 is 11.8 Å². The van der Waals surface area contributed by atoms with Gasteiger partial charge in [-0.3, -0.25) is 4.68 Å².